The molecule has 5 heteroatoms. The van der Waals surface area contributed by atoms with Crippen molar-refractivity contribution < 1.29 is 20.1 Å². The van der Waals surface area contributed by atoms with Crippen LogP contribution in [0, 0.1) is 0 Å². The van der Waals surface area contributed by atoms with Crippen molar-refractivity contribution in [1.29, 1.82) is 0 Å². The fourth-order valence-electron chi connectivity index (χ4n) is 8.87. The zero-order valence-corrected chi connectivity index (χ0v) is 40.9. The standard InChI is InChI=1S/C55H109NO4/c1-3-5-7-9-11-13-15-17-18-19-20-21-22-23-24-25-26-27-28-29-30-31-32-33-34-35-36-37-38-40-42-44-46-48-52(58)50-55(60)56-53(51-57)54(59)49-47-45-43-41-39-16-14-12-10-8-6-4-2/h47,49,52-54,57-59H,3-46,48,50-51H2,1-2H3,(H,56,60)/b49-47+. The molecule has 0 aliphatic rings. The number of aliphatic hydroxyl groups is 3. The number of carbonyl (C=O) groups excluding carboxylic acids is 1. The first-order valence-electron chi connectivity index (χ1n) is 27.5. The molecular formula is C55H109NO4. The molecule has 0 heterocycles. The summed E-state index contributed by atoms with van der Waals surface area (Å²) in [5, 5.41) is 33.3. The summed E-state index contributed by atoms with van der Waals surface area (Å²) >= 11 is 0. The van der Waals surface area contributed by atoms with E-state index in [0.717, 1.165) is 25.7 Å². The third-order valence-electron chi connectivity index (χ3n) is 13.1. The molecule has 0 aromatic carbocycles. The summed E-state index contributed by atoms with van der Waals surface area (Å²) in [6, 6.07) is -0.739. The van der Waals surface area contributed by atoms with Gasteiger partial charge in [-0.15, -0.1) is 0 Å². The van der Waals surface area contributed by atoms with Crippen LogP contribution in [0.15, 0.2) is 12.2 Å². The van der Waals surface area contributed by atoms with Gasteiger partial charge in [0.15, 0.2) is 0 Å². The normalized spacial score (nSPS) is 13.3. The monoisotopic (exact) mass is 848 g/mol. The Morgan fingerprint density at radius 2 is 0.683 bits per heavy atom. The van der Waals surface area contributed by atoms with Crippen LogP contribution in [0.3, 0.4) is 0 Å². The number of aliphatic hydroxyl groups excluding tert-OH is 3. The zero-order valence-electron chi connectivity index (χ0n) is 40.9. The van der Waals surface area contributed by atoms with Gasteiger partial charge in [-0.3, -0.25) is 4.79 Å². The van der Waals surface area contributed by atoms with Crippen molar-refractivity contribution in [2.45, 2.75) is 327 Å². The lowest BCUT2D eigenvalue weighted by molar-refractivity contribution is -0.124. The Balaban J connectivity index is 3.43. The average Bonchev–Trinajstić information content (AvgIpc) is 3.24. The lowest BCUT2D eigenvalue weighted by Crippen LogP contribution is -2.45. The quantitative estimate of drug-likeness (QED) is 0.0363. The molecule has 0 aromatic rings. The maximum absolute atomic E-state index is 12.5. The van der Waals surface area contributed by atoms with Gasteiger partial charge in [-0.1, -0.05) is 296 Å². The summed E-state index contributed by atoms with van der Waals surface area (Å²) in [6.07, 6.45) is 62.7. The van der Waals surface area contributed by atoms with Crippen molar-refractivity contribution in [3.63, 3.8) is 0 Å². The van der Waals surface area contributed by atoms with Crippen LogP contribution in [0.2, 0.25) is 0 Å². The van der Waals surface area contributed by atoms with Crippen LogP contribution >= 0.6 is 0 Å². The van der Waals surface area contributed by atoms with Crippen LogP contribution in [0.1, 0.15) is 309 Å². The molecule has 0 aliphatic heterocycles. The molecule has 60 heavy (non-hydrogen) atoms. The van der Waals surface area contributed by atoms with E-state index < -0.39 is 18.2 Å². The van der Waals surface area contributed by atoms with E-state index in [9.17, 15) is 20.1 Å². The summed E-state index contributed by atoms with van der Waals surface area (Å²) in [6.45, 7) is 4.23. The summed E-state index contributed by atoms with van der Waals surface area (Å²) in [5.74, 6) is -0.310. The first-order valence-corrected chi connectivity index (χ1v) is 27.5. The smallest absolute Gasteiger partial charge is 0.222 e. The Morgan fingerprint density at radius 1 is 0.417 bits per heavy atom. The highest BCUT2D eigenvalue weighted by Crippen LogP contribution is 2.18. The number of amides is 1. The number of carbonyl (C=O) groups is 1. The predicted molar refractivity (Wildman–Crippen MR) is 264 cm³/mol. The molecule has 0 aliphatic carbocycles. The minimum absolute atomic E-state index is 0.0190. The Labute approximate surface area is 376 Å². The highest BCUT2D eigenvalue weighted by Gasteiger charge is 2.20. The number of nitrogens with one attached hydrogen (secondary N) is 1. The number of allylic oxidation sites excluding steroid dienone is 1. The molecular weight excluding hydrogens is 739 g/mol. The van der Waals surface area contributed by atoms with Crippen LogP contribution in [0.25, 0.3) is 0 Å². The molecule has 0 saturated heterocycles. The van der Waals surface area contributed by atoms with Crippen molar-refractivity contribution in [2.24, 2.45) is 0 Å². The highest BCUT2D eigenvalue weighted by molar-refractivity contribution is 5.76. The fraction of sp³-hybridized carbons (Fsp3) is 0.945. The minimum atomic E-state index is -0.924. The second-order valence-electron chi connectivity index (χ2n) is 19.2. The van der Waals surface area contributed by atoms with Crippen molar-refractivity contribution in [3.8, 4) is 0 Å². The van der Waals surface area contributed by atoms with E-state index >= 15 is 0 Å². The molecule has 0 saturated carbocycles. The lowest BCUT2D eigenvalue weighted by Gasteiger charge is -2.21. The predicted octanol–water partition coefficient (Wildman–Crippen LogP) is 16.7. The lowest BCUT2D eigenvalue weighted by atomic mass is 10.0. The van der Waals surface area contributed by atoms with E-state index in [0.29, 0.717) is 6.42 Å². The fourth-order valence-corrected chi connectivity index (χ4v) is 8.87. The summed E-state index contributed by atoms with van der Waals surface area (Å²) in [4.78, 5) is 12.5. The largest absolute Gasteiger partial charge is 0.394 e. The Bertz CT molecular complexity index is 848. The van der Waals surface area contributed by atoms with Crippen LogP contribution < -0.4 is 5.32 Å². The number of rotatable bonds is 51. The number of hydrogen-bond acceptors (Lipinski definition) is 4. The van der Waals surface area contributed by atoms with E-state index in [1.54, 1.807) is 6.08 Å². The first-order chi connectivity index (χ1) is 29.5. The molecule has 3 unspecified atom stereocenters. The molecule has 0 bridgehead atoms. The van der Waals surface area contributed by atoms with Gasteiger partial charge < -0.3 is 20.6 Å². The van der Waals surface area contributed by atoms with E-state index in [2.05, 4.69) is 19.2 Å². The van der Waals surface area contributed by atoms with E-state index in [4.69, 9.17) is 0 Å². The number of hydrogen-bond donors (Lipinski definition) is 4. The van der Waals surface area contributed by atoms with E-state index in [-0.39, 0.29) is 18.9 Å². The van der Waals surface area contributed by atoms with Gasteiger partial charge in [-0.2, -0.15) is 0 Å². The maximum atomic E-state index is 12.5. The van der Waals surface area contributed by atoms with Gasteiger partial charge in [-0.05, 0) is 19.3 Å². The van der Waals surface area contributed by atoms with E-state index in [1.807, 2.05) is 6.08 Å². The third-order valence-corrected chi connectivity index (χ3v) is 13.1. The zero-order chi connectivity index (χ0) is 43.7. The highest BCUT2D eigenvalue weighted by atomic mass is 16.3. The number of unbranched alkanes of at least 4 members (excludes halogenated alkanes) is 42. The Hall–Kier alpha value is -0.910. The third kappa shape index (κ3) is 46.6. The summed E-state index contributed by atoms with van der Waals surface area (Å²) in [7, 11) is 0. The molecule has 358 valence electrons. The van der Waals surface area contributed by atoms with Gasteiger partial charge in [0.25, 0.3) is 0 Å². The van der Waals surface area contributed by atoms with E-state index in [1.165, 1.54) is 257 Å². The van der Waals surface area contributed by atoms with Crippen molar-refractivity contribution in [3.05, 3.63) is 12.2 Å². The van der Waals surface area contributed by atoms with Crippen molar-refractivity contribution >= 4 is 5.91 Å². The van der Waals surface area contributed by atoms with Crippen LogP contribution in [-0.4, -0.2) is 46.1 Å². The molecule has 0 spiro atoms. The molecule has 0 fully saturated rings. The second-order valence-corrected chi connectivity index (χ2v) is 19.2. The van der Waals surface area contributed by atoms with Crippen LogP contribution in [-0.2, 0) is 4.79 Å². The van der Waals surface area contributed by atoms with Gasteiger partial charge in [0.2, 0.25) is 5.91 Å². The topological polar surface area (TPSA) is 89.8 Å². The summed E-state index contributed by atoms with van der Waals surface area (Å²) in [5.41, 5.74) is 0. The molecule has 5 nitrogen and oxygen atoms in total. The molecule has 0 aromatic heterocycles. The van der Waals surface area contributed by atoms with Crippen molar-refractivity contribution in [1.82, 2.24) is 5.32 Å². The van der Waals surface area contributed by atoms with Crippen LogP contribution in [0.5, 0.6) is 0 Å². The molecule has 0 radical (unpaired) electrons. The van der Waals surface area contributed by atoms with Gasteiger partial charge in [-0.25, -0.2) is 0 Å². The van der Waals surface area contributed by atoms with Gasteiger partial charge >= 0.3 is 0 Å². The summed E-state index contributed by atoms with van der Waals surface area (Å²) < 4.78 is 0. The molecule has 3 atom stereocenters. The second kappa shape index (κ2) is 50.7. The SMILES string of the molecule is CCCCCCCCCCCC/C=C/C(O)C(CO)NC(=O)CC(O)CCCCCCCCCCCCCCCCCCCCCCCCCCCCCCCCCCC. The van der Waals surface area contributed by atoms with Gasteiger partial charge in [0.05, 0.1) is 31.3 Å². The first kappa shape index (κ1) is 59.1. The minimum Gasteiger partial charge on any atom is -0.394 e. The molecule has 0 rings (SSSR count). The average molecular weight is 848 g/mol. The van der Waals surface area contributed by atoms with Crippen molar-refractivity contribution in [2.75, 3.05) is 6.61 Å². The van der Waals surface area contributed by atoms with Gasteiger partial charge in [0.1, 0.15) is 0 Å². The Kier molecular flexibility index (Phi) is 50.0. The molecule has 1 amide bonds. The maximum Gasteiger partial charge on any atom is 0.222 e. The van der Waals surface area contributed by atoms with Crippen LogP contribution in [0.4, 0.5) is 0 Å². The Morgan fingerprint density at radius 3 is 0.967 bits per heavy atom. The molecule has 4 N–H and O–H groups in total. The van der Waals surface area contributed by atoms with Gasteiger partial charge in [0, 0.05) is 0 Å².